The van der Waals surface area contributed by atoms with E-state index in [1.54, 1.807) is 6.20 Å². The summed E-state index contributed by atoms with van der Waals surface area (Å²) >= 11 is 2.16. The number of pyridine rings is 1. The number of nitrogens with zero attached hydrogens (tertiary/aromatic N) is 1. The molecule has 0 unspecified atom stereocenters. The summed E-state index contributed by atoms with van der Waals surface area (Å²) in [7, 11) is 0. The summed E-state index contributed by atoms with van der Waals surface area (Å²) in [5.41, 5.74) is 0.936. The molecule has 0 saturated heterocycles. The van der Waals surface area contributed by atoms with E-state index in [0.29, 0.717) is 0 Å². The van der Waals surface area contributed by atoms with Gasteiger partial charge in [-0.3, -0.25) is 4.98 Å². The Morgan fingerprint density at radius 1 is 1.60 bits per heavy atom. The van der Waals surface area contributed by atoms with Crippen LogP contribution in [0, 0.1) is 0 Å². The zero-order valence-electron chi connectivity index (χ0n) is 5.37. The summed E-state index contributed by atoms with van der Waals surface area (Å²) < 4.78 is 0.124. The average Bonchev–Trinajstić information content (AvgIpc) is 2.05. The van der Waals surface area contributed by atoms with E-state index in [1.165, 1.54) is 0 Å². The topological polar surface area (TPSA) is 33.1 Å². The lowest BCUT2D eigenvalue weighted by molar-refractivity contribution is 0.299. The van der Waals surface area contributed by atoms with Crippen LogP contribution in [-0.4, -0.2) is 16.7 Å². The third kappa shape index (κ3) is 1.91. The van der Waals surface area contributed by atoms with E-state index in [2.05, 4.69) is 27.6 Å². The second-order valence-corrected chi connectivity index (χ2v) is 3.41. The number of rotatable bonds is 2. The van der Waals surface area contributed by atoms with Gasteiger partial charge < -0.3 is 5.11 Å². The summed E-state index contributed by atoms with van der Waals surface area (Å²) in [4.78, 5) is 4.08. The molecular weight excluding hydrogens is 241 g/mol. The molecule has 0 aliphatic heterocycles. The molecule has 0 amide bonds. The maximum absolute atomic E-state index is 8.74. The Morgan fingerprint density at radius 2 is 2.40 bits per heavy atom. The van der Waals surface area contributed by atoms with E-state index in [0.717, 1.165) is 5.69 Å². The highest BCUT2D eigenvalue weighted by Gasteiger charge is 2.04. The van der Waals surface area contributed by atoms with Crippen LogP contribution in [0.1, 0.15) is 9.62 Å². The van der Waals surface area contributed by atoms with E-state index in [-0.39, 0.29) is 10.5 Å². The SMILES string of the molecule is OC[C@H](I)c1ccccn1. The van der Waals surface area contributed by atoms with Crippen molar-refractivity contribution in [2.24, 2.45) is 0 Å². The van der Waals surface area contributed by atoms with Crippen LogP contribution in [0.5, 0.6) is 0 Å². The molecule has 1 aromatic heterocycles. The minimum Gasteiger partial charge on any atom is -0.395 e. The van der Waals surface area contributed by atoms with Gasteiger partial charge in [0.1, 0.15) is 0 Å². The van der Waals surface area contributed by atoms with Crippen molar-refractivity contribution in [3.8, 4) is 0 Å². The maximum Gasteiger partial charge on any atom is 0.0762 e. The molecule has 0 aromatic carbocycles. The van der Waals surface area contributed by atoms with E-state index in [1.807, 2.05) is 18.2 Å². The number of aliphatic hydroxyl groups is 1. The zero-order chi connectivity index (χ0) is 7.40. The first kappa shape index (κ1) is 7.94. The van der Waals surface area contributed by atoms with Crippen molar-refractivity contribution >= 4 is 22.6 Å². The van der Waals surface area contributed by atoms with Crippen molar-refractivity contribution in [1.29, 1.82) is 0 Å². The Kier molecular flexibility index (Phi) is 3.08. The molecule has 0 bridgehead atoms. The van der Waals surface area contributed by atoms with Crippen molar-refractivity contribution in [3.63, 3.8) is 0 Å². The Labute approximate surface area is 73.4 Å². The quantitative estimate of drug-likeness (QED) is 0.637. The highest BCUT2D eigenvalue weighted by molar-refractivity contribution is 14.1. The molecule has 1 aromatic rings. The number of hydrogen-bond acceptors (Lipinski definition) is 2. The smallest absolute Gasteiger partial charge is 0.0762 e. The number of alkyl halides is 1. The highest BCUT2D eigenvalue weighted by atomic mass is 127. The lowest BCUT2D eigenvalue weighted by Crippen LogP contribution is -1.96. The normalized spacial score (nSPS) is 13.0. The van der Waals surface area contributed by atoms with E-state index in [4.69, 9.17) is 5.11 Å². The first-order chi connectivity index (χ1) is 4.84. The lowest BCUT2D eigenvalue weighted by atomic mass is 10.3. The Bertz CT molecular complexity index is 190. The molecule has 0 radical (unpaired) electrons. The Balaban J connectivity index is 2.75. The van der Waals surface area contributed by atoms with Gasteiger partial charge in [0.2, 0.25) is 0 Å². The van der Waals surface area contributed by atoms with Gasteiger partial charge in [0.05, 0.1) is 16.2 Å². The summed E-state index contributed by atoms with van der Waals surface area (Å²) in [6.45, 7) is 0.150. The summed E-state index contributed by atoms with van der Waals surface area (Å²) in [5, 5.41) is 8.74. The van der Waals surface area contributed by atoms with Crippen LogP contribution in [0.15, 0.2) is 24.4 Å². The van der Waals surface area contributed by atoms with Crippen LogP contribution >= 0.6 is 22.6 Å². The molecular formula is C7H8INO. The van der Waals surface area contributed by atoms with Gasteiger partial charge in [0.15, 0.2) is 0 Å². The Morgan fingerprint density at radius 3 is 2.90 bits per heavy atom. The molecule has 2 nitrogen and oxygen atoms in total. The van der Waals surface area contributed by atoms with Crippen molar-refractivity contribution < 1.29 is 5.11 Å². The third-order valence-corrected chi connectivity index (χ3v) is 2.20. The second-order valence-electron chi connectivity index (χ2n) is 1.90. The molecule has 3 heteroatoms. The van der Waals surface area contributed by atoms with Gasteiger partial charge in [-0.25, -0.2) is 0 Å². The second kappa shape index (κ2) is 3.88. The Hall–Kier alpha value is -0.160. The fourth-order valence-corrected chi connectivity index (χ4v) is 1.02. The molecule has 1 rings (SSSR count). The zero-order valence-corrected chi connectivity index (χ0v) is 7.52. The summed E-state index contributed by atoms with van der Waals surface area (Å²) in [6, 6.07) is 5.70. The molecule has 0 aliphatic carbocycles. The van der Waals surface area contributed by atoms with Gasteiger partial charge >= 0.3 is 0 Å². The van der Waals surface area contributed by atoms with Gasteiger partial charge in [-0.1, -0.05) is 28.7 Å². The molecule has 0 fully saturated rings. The van der Waals surface area contributed by atoms with Gasteiger partial charge in [-0.2, -0.15) is 0 Å². The van der Waals surface area contributed by atoms with Crippen molar-refractivity contribution in [2.75, 3.05) is 6.61 Å². The molecule has 1 heterocycles. The molecule has 54 valence electrons. The first-order valence-electron chi connectivity index (χ1n) is 3.00. The number of hydrogen-bond donors (Lipinski definition) is 1. The number of halogens is 1. The van der Waals surface area contributed by atoms with Gasteiger partial charge in [-0.05, 0) is 12.1 Å². The number of aromatic nitrogens is 1. The molecule has 1 atom stereocenters. The maximum atomic E-state index is 8.74. The van der Waals surface area contributed by atoms with Crippen LogP contribution in [0.25, 0.3) is 0 Å². The first-order valence-corrected chi connectivity index (χ1v) is 4.25. The summed E-state index contributed by atoms with van der Waals surface area (Å²) in [5.74, 6) is 0. The van der Waals surface area contributed by atoms with E-state index in [9.17, 15) is 0 Å². The van der Waals surface area contributed by atoms with Gasteiger partial charge in [-0.15, -0.1) is 0 Å². The van der Waals surface area contributed by atoms with Gasteiger partial charge in [0, 0.05) is 6.20 Å². The molecule has 0 spiro atoms. The van der Waals surface area contributed by atoms with E-state index >= 15 is 0 Å². The van der Waals surface area contributed by atoms with Crippen LogP contribution in [0.3, 0.4) is 0 Å². The van der Waals surface area contributed by atoms with Crippen molar-refractivity contribution in [1.82, 2.24) is 4.98 Å². The lowest BCUT2D eigenvalue weighted by Gasteiger charge is -2.02. The minimum atomic E-state index is 0.124. The van der Waals surface area contributed by atoms with Crippen LogP contribution in [0.2, 0.25) is 0 Å². The summed E-state index contributed by atoms with van der Waals surface area (Å²) in [6.07, 6.45) is 1.73. The monoisotopic (exact) mass is 249 g/mol. The minimum absolute atomic E-state index is 0.124. The third-order valence-electron chi connectivity index (χ3n) is 1.17. The van der Waals surface area contributed by atoms with E-state index < -0.39 is 0 Å². The van der Waals surface area contributed by atoms with Gasteiger partial charge in [0.25, 0.3) is 0 Å². The molecule has 0 aliphatic rings. The van der Waals surface area contributed by atoms with Crippen molar-refractivity contribution in [2.45, 2.75) is 3.92 Å². The van der Waals surface area contributed by atoms with Crippen molar-refractivity contribution in [3.05, 3.63) is 30.1 Å². The fraction of sp³-hybridized carbons (Fsp3) is 0.286. The largest absolute Gasteiger partial charge is 0.395 e. The van der Waals surface area contributed by atoms with Crippen LogP contribution < -0.4 is 0 Å². The molecule has 1 N–H and O–H groups in total. The highest BCUT2D eigenvalue weighted by Crippen LogP contribution is 2.18. The van der Waals surface area contributed by atoms with Crippen LogP contribution in [-0.2, 0) is 0 Å². The molecule has 10 heavy (non-hydrogen) atoms. The fourth-order valence-electron chi connectivity index (χ4n) is 0.655. The average molecular weight is 249 g/mol. The number of aliphatic hydroxyl groups excluding tert-OH is 1. The predicted octanol–water partition coefficient (Wildman–Crippen LogP) is 1.55. The molecule has 0 saturated carbocycles. The van der Waals surface area contributed by atoms with Crippen LogP contribution in [0.4, 0.5) is 0 Å². The predicted molar refractivity (Wildman–Crippen MR) is 48.1 cm³/mol. The standard InChI is InChI=1S/C7H8INO/c8-6(5-10)7-3-1-2-4-9-7/h1-4,6,10H,5H2/t6-/m0/s1.